The van der Waals surface area contributed by atoms with Gasteiger partial charge in [0.1, 0.15) is 5.82 Å². The van der Waals surface area contributed by atoms with Crippen LogP contribution in [-0.4, -0.2) is 19.6 Å². The minimum atomic E-state index is -0.205. The Hall–Kier alpha value is -1.63. The molecule has 0 aromatic heterocycles. The lowest BCUT2D eigenvalue weighted by Gasteiger charge is -2.16. The van der Waals surface area contributed by atoms with Crippen molar-refractivity contribution in [2.24, 2.45) is 4.99 Å². The Kier molecular flexibility index (Phi) is 8.61. The molecule has 2 N–H and O–H groups in total. The highest BCUT2D eigenvalue weighted by molar-refractivity contribution is 14.0. The number of nitrogens with one attached hydrogen (secondary N) is 2. The van der Waals surface area contributed by atoms with E-state index in [1.807, 2.05) is 24.3 Å². The first-order valence-electron chi connectivity index (χ1n) is 7.43. The van der Waals surface area contributed by atoms with E-state index in [4.69, 9.17) is 0 Å². The van der Waals surface area contributed by atoms with Gasteiger partial charge < -0.3 is 10.6 Å². The number of benzene rings is 2. The molecule has 124 valence electrons. The summed E-state index contributed by atoms with van der Waals surface area (Å²) in [5, 5.41) is 6.41. The highest BCUT2D eigenvalue weighted by Gasteiger charge is 2.07. The first kappa shape index (κ1) is 19.4. The lowest BCUT2D eigenvalue weighted by atomic mass is 10.0. The van der Waals surface area contributed by atoms with Crippen LogP contribution in [0.4, 0.5) is 4.39 Å². The zero-order valence-electron chi connectivity index (χ0n) is 13.4. The number of guanidine groups is 1. The second kappa shape index (κ2) is 10.2. The Morgan fingerprint density at radius 3 is 2.35 bits per heavy atom. The van der Waals surface area contributed by atoms with Gasteiger partial charge in [-0.2, -0.15) is 0 Å². The molecule has 0 bridgehead atoms. The molecule has 0 fully saturated rings. The van der Waals surface area contributed by atoms with Gasteiger partial charge in [0, 0.05) is 25.7 Å². The molecule has 1 atom stereocenters. The highest BCUT2D eigenvalue weighted by Crippen LogP contribution is 2.12. The summed E-state index contributed by atoms with van der Waals surface area (Å²) in [6.45, 7) is 3.33. The van der Waals surface area contributed by atoms with E-state index in [0.717, 1.165) is 6.54 Å². The summed E-state index contributed by atoms with van der Waals surface area (Å²) in [5.41, 5.74) is 1.90. The smallest absolute Gasteiger partial charge is 0.191 e. The van der Waals surface area contributed by atoms with Crippen LogP contribution in [0.25, 0.3) is 0 Å². The van der Waals surface area contributed by atoms with E-state index in [0.29, 0.717) is 24.0 Å². The predicted molar refractivity (Wildman–Crippen MR) is 105 cm³/mol. The quantitative estimate of drug-likeness (QED) is 0.431. The van der Waals surface area contributed by atoms with E-state index in [2.05, 4.69) is 34.7 Å². The third-order valence-electron chi connectivity index (χ3n) is 3.57. The average Bonchev–Trinajstić information content (AvgIpc) is 2.57. The summed E-state index contributed by atoms with van der Waals surface area (Å²) in [6.07, 6.45) is 0. The molecule has 3 nitrogen and oxygen atoms in total. The van der Waals surface area contributed by atoms with Crippen molar-refractivity contribution in [1.29, 1.82) is 0 Å². The van der Waals surface area contributed by atoms with Gasteiger partial charge in [-0.05, 0) is 17.5 Å². The molecule has 0 saturated carbocycles. The van der Waals surface area contributed by atoms with Crippen LogP contribution in [0.15, 0.2) is 59.6 Å². The van der Waals surface area contributed by atoms with E-state index < -0.39 is 0 Å². The van der Waals surface area contributed by atoms with Gasteiger partial charge >= 0.3 is 0 Å². The van der Waals surface area contributed by atoms with Gasteiger partial charge in [-0.15, -0.1) is 24.0 Å². The fourth-order valence-corrected chi connectivity index (χ4v) is 2.19. The van der Waals surface area contributed by atoms with Crippen molar-refractivity contribution in [1.82, 2.24) is 10.6 Å². The predicted octanol–water partition coefficient (Wildman–Crippen LogP) is 3.91. The van der Waals surface area contributed by atoms with Crippen molar-refractivity contribution in [3.63, 3.8) is 0 Å². The summed E-state index contributed by atoms with van der Waals surface area (Å²) < 4.78 is 13.6. The van der Waals surface area contributed by atoms with E-state index >= 15 is 0 Å². The summed E-state index contributed by atoms with van der Waals surface area (Å²) in [4.78, 5) is 4.17. The number of aliphatic imine (C=N–C) groups is 1. The molecule has 1 unspecified atom stereocenters. The zero-order chi connectivity index (χ0) is 15.8. The van der Waals surface area contributed by atoms with Crippen LogP contribution < -0.4 is 10.6 Å². The third kappa shape index (κ3) is 6.17. The molecule has 5 heteroatoms. The molecule has 0 saturated heterocycles. The number of hydrogen-bond acceptors (Lipinski definition) is 1. The molecule has 0 radical (unpaired) electrons. The third-order valence-corrected chi connectivity index (χ3v) is 3.57. The van der Waals surface area contributed by atoms with E-state index in [1.165, 1.54) is 11.6 Å². The number of halogens is 2. The van der Waals surface area contributed by atoms with Crippen molar-refractivity contribution in [3.05, 3.63) is 71.5 Å². The molecule has 2 aromatic carbocycles. The van der Waals surface area contributed by atoms with Crippen LogP contribution >= 0.6 is 24.0 Å². The van der Waals surface area contributed by atoms with Gasteiger partial charge in [0.25, 0.3) is 0 Å². The van der Waals surface area contributed by atoms with Crippen molar-refractivity contribution in [3.8, 4) is 0 Å². The lowest BCUT2D eigenvalue weighted by molar-refractivity contribution is 0.604. The Balaban J connectivity index is 0.00000264. The molecule has 23 heavy (non-hydrogen) atoms. The molecular formula is C18H23FIN3. The van der Waals surface area contributed by atoms with Crippen molar-refractivity contribution in [2.75, 3.05) is 13.6 Å². The van der Waals surface area contributed by atoms with Crippen LogP contribution in [0.5, 0.6) is 0 Å². The number of rotatable bonds is 5. The zero-order valence-corrected chi connectivity index (χ0v) is 15.8. The maximum atomic E-state index is 13.6. The molecule has 0 aliphatic rings. The van der Waals surface area contributed by atoms with Crippen LogP contribution in [0.2, 0.25) is 0 Å². The number of hydrogen-bond donors (Lipinski definition) is 2. The summed E-state index contributed by atoms with van der Waals surface area (Å²) >= 11 is 0. The Morgan fingerprint density at radius 1 is 1.04 bits per heavy atom. The second-order valence-electron chi connectivity index (χ2n) is 5.21. The van der Waals surface area contributed by atoms with Crippen molar-refractivity contribution >= 4 is 29.9 Å². The van der Waals surface area contributed by atoms with Crippen molar-refractivity contribution in [2.45, 2.75) is 19.4 Å². The van der Waals surface area contributed by atoms with E-state index in [9.17, 15) is 4.39 Å². The van der Waals surface area contributed by atoms with Crippen LogP contribution in [0.3, 0.4) is 0 Å². The van der Waals surface area contributed by atoms with Gasteiger partial charge in [0.15, 0.2) is 5.96 Å². The number of nitrogens with zero attached hydrogens (tertiary/aromatic N) is 1. The molecule has 0 heterocycles. The van der Waals surface area contributed by atoms with Crippen LogP contribution in [0.1, 0.15) is 24.0 Å². The minimum absolute atomic E-state index is 0. The molecule has 0 aliphatic carbocycles. The molecule has 2 aromatic rings. The Bertz CT molecular complexity index is 617. The van der Waals surface area contributed by atoms with Crippen LogP contribution in [0, 0.1) is 5.82 Å². The van der Waals surface area contributed by atoms with E-state index in [-0.39, 0.29) is 29.8 Å². The first-order chi connectivity index (χ1) is 10.7. The van der Waals surface area contributed by atoms with Gasteiger partial charge in [-0.3, -0.25) is 4.99 Å². The highest BCUT2D eigenvalue weighted by atomic mass is 127. The lowest BCUT2D eigenvalue weighted by Crippen LogP contribution is -2.38. The Labute approximate surface area is 154 Å². The van der Waals surface area contributed by atoms with Gasteiger partial charge in [0.2, 0.25) is 0 Å². The van der Waals surface area contributed by atoms with Crippen molar-refractivity contribution < 1.29 is 4.39 Å². The molecule has 0 spiro atoms. The van der Waals surface area contributed by atoms with Gasteiger partial charge in [0.05, 0.1) is 0 Å². The minimum Gasteiger partial charge on any atom is -0.356 e. The normalized spacial score (nSPS) is 12.2. The average molecular weight is 427 g/mol. The summed E-state index contributed by atoms with van der Waals surface area (Å²) in [6, 6.07) is 17.1. The second-order valence-corrected chi connectivity index (χ2v) is 5.21. The van der Waals surface area contributed by atoms with Gasteiger partial charge in [-0.1, -0.05) is 55.5 Å². The summed E-state index contributed by atoms with van der Waals surface area (Å²) in [7, 11) is 1.71. The first-order valence-corrected chi connectivity index (χ1v) is 7.43. The summed E-state index contributed by atoms with van der Waals surface area (Å²) in [5.74, 6) is 0.836. The topological polar surface area (TPSA) is 36.4 Å². The Morgan fingerprint density at radius 2 is 1.70 bits per heavy atom. The van der Waals surface area contributed by atoms with E-state index in [1.54, 1.807) is 19.2 Å². The van der Waals surface area contributed by atoms with Gasteiger partial charge in [-0.25, -0.2) is 4.39 Å². The maximum absolute atomic E-state index is 13.6. The largest absolute Gasteiger partial charge is 0.356 e. The molecule has 2 rings (SSSR count). The fraction of sp³-hybridized carbons (Fsp3) is 0.278. The monoisotopic (exact) mass is 427 g/mol. The fourth-order valence-electron chi connectivity index (χ4n) is 2.19. The van der Waals surface area contributed by atoms with Crippen LogP contribution in [-0.2, 0) is 6.54 Å². The SMILES string of the molecule is CN=C(NCc1ccccc1F)NCC(C)c1ccccc1.I. The molecule has 0 aliphatic heterocycles. The maximum Gasteiger partial charge on any atom is 0.191 e. The molecule has 0 amide bonds. The standard InChI is InChI=1S/C18H22FN3.HI/c1-14(15-8-4-3-5-9-15)12-21-18(20-2)22-13-16-10-6-7-11-17(16)19;/h3-11,14H,12-13H2,1-2H3,(H2,20,21,22);1H. The molecular weight excluding hydrogens is 404 g/mol.